The van der Waals surface area contributed by atoms with Crippen molar-refractivity contribution in [1.29, 1.82) is 0 Å². The molecule has 1 amide bonds. The maximum atomic E-state index is 12.9. The number of ether oxygens (including phenoxy) is 3. The minimum Gasteiger partial charge on any atom is -0.504 e. The molecule has 1 aromatic heterocycles. The molecular weight excluding hydrogens is 488 g/mol. The fourth-order valence-corrected chi connectivity index (χ4v) is 4.13. The van der Waals surface area contributed by atoms with Gasteiger partial charge >= 0.3 is 0 Å². The number of anilines is 1. The van der Waals surface area contributed by atoms with Crippen LogP contribution in [0.2, 0.25) is 0 Å². The lowest BCUT2D eigenvalue weighted by Gasteiger charge is -2.14. The minimum absolute atomic E-state index is 0.0620. The van der Waals surface area contributed by atoms with E-state index in [1.54, 1.807) is 43.5 Å². The maximum Gasteiger partial charge on any atom is 0.297 e. The number of methoxy groups -OCH3 is 2. The summed E-state index contributed by atoms with van der Waals surface area (Å²) in [5.41, 5.74) is 1.04. The molecule has 0 spiro atoms. The first-order chi connectivity index (χ1) is 18.3. The Hall–Kier alpha value is -4.14. The highest BCUT2D eigenvalue weighted by Crippen LogP contribution is 2.37. The molecule has 9 heteroatoms. The van der Waals surface area contributed by atoms with Crippen LogP contribution in [-0.2, 0) is 11.8 Å². The van der Waals surface area contributed by atoms with Gasteiger partial charge < -0.3 is 34.3 Å². The zero-order valence-electron chi connectivity index (χ0n) is 22.4. The molecule has 0 saturated carbocycles. The molecule has 0 aliphatic carbocycles. The van der Waals surface area contributed by atoms with E-state index >= 15 is 0 Å². The van der Waals surface area contributed by atoms with Crippen LogP contribution in [0.3, 0.4) is 0 Å². The highest BCUT2D eigenvalue weighted by atomic mass is 16.5. The monoisotopic (exact) mass is 524 g/mol. The van der Waals surface area contributed by atoms with Crippen molar-refractivity contribution in [2.45, 2.75) is 45.4 Å². The van der Waals surface area contributed by atoms with Crippen molar-refractivity contribution in [2.24, 2.45) is 7.05 Å². The van der Waals surface area contributed by atoms with Gasteiger partial charge in [-0.15, -0.1) is 0 Å². The zero-order valence-corrected chi connectivity index (χ0v) is 22.4. The standard InChI is InChI=1S/C29H36N2O7/c1-5-6-7-8-9-10-15-38-28-26(33)21-13-12-20(18-22(21)31(2)29(28)35)30-25(32)14-11-19-16-23(36-3)27(34)24(17-19)37-4/h11-14,16-18,33-34H,5-10,15H2,1-4H3,(H,30,32). The number of hydrogen-bond donors (Lipinski definition) is 3. The van der Waals surface area contributed by atoms with Crippen LogP contribution in [0, 0.1) is 0 Å². The van der Waals surface area contributed by atoms with E-state index in [4.69, 9.17) is 14.2 Å². The Kier molecular flexibility index (Phi) is 10.0. The minimum atomic E-state index is -0.445. The van der Waals surface area contributed by atoms with E-state index in [1.807, 2.05) is 0 Å². The number of hydrogen-bond acceptors (Lipinski definition) is 7. The Morgan fingerprint density at radius 2 is 1.63 bits per heavy atom. The number of unbranched alkanes of at least 4 members (excludes halogenated alkanes) is 5. The number of fused-ring (bicyclic) bond motifs is 1. The van der Waals surface area contributed by atoms with Crippen molar-refractivity contribution >= 4 is 28.6 Å². The summed E-state index contributed by atoms with van der Waals surface area (Å²) in [5.74, 6) is -0.374. The number of aryl methyl sites for hydroxylation is 1. The molecule has 2 aromatic carbocycles. The highest BCUT2D eigenvalue weighted by Gasteiger charge is 2.17. The Balaban J connectivity index is 1.72. The summed E-state index contributed by atoms with van der Waals surface area (Å²) in [6.07, 6.45) is 9.42. The average molecular weight is 525 g/mol. The lowest BCUT2D eigenvalue weighted by atomic mass is 10.1. The van der Waals surface area contributed by atoms with Gasteiger partial charge in [-0.2, -0.15) is 0 Å². The predicted molar refractivity (Wildman–Crippen MR) is 149 cm³/mol. The number of rotatable bonds is 13. The molecule has 0 bridgehead atoms. The third kappa shape index (κ3) is 6.79. The fraction of sp³-hybridized carbons (Fsp3) is 0.379. The van der Waals surface area contributed by atoms with Gasteiger partial charge in [0.05, 0.1) is 26.3 Å². The van der Waals surface area contributed by atoms with Crippen molar-refractivity contribution in [2.75, 3.05) is 26.1 Å². The molecular formula is C29H36N2O7. The van der Waals surface area contributed by atoms with E-state index in [9.17, 15) is 19.8 Å². The van der Waals surface area contributed by atoms with Crippen LogP contribution < -0.4 is 25.1 Å². The topological polar surface area (TPSA) is 119 Å². The molecule has 3 aromatic rings. The second-order valence-corrected chi connectivity index (χ2v) is 8.99. The smallest absolute Gasteiger partial charge is 0.297 e. The number of amides is 1. The van der Waals surface area contributed by atoms with Gasteiger partial charge in [0.2, 0.25) is 17.4 Å². The van der Waals surface area contributed by atoms with Crippen LogP contribution in [0.5, 0.6) is 28.7 Å². The van der Waals surface area contributed by atoms with Crippen LogP contribution in [0.1, 0.15) is 51.0 Å². The Morgan fingerprint density at radius 1 is 0.974 bits per heavy atom. The van der Waals surface area contributed by atoms with Gasteiger partial charge in [-0.25, -0.2) is 0 Å². The SMILES string of the molecule is CCCCCCCCOc1c(O)c2ccc(NC(=O)C=Cc3cc(OC)c(O)c(OC)c3)cc2n(C)c1=O. The Bertz CT molecular complexity index is 1340. The molecule has 3 N–H and O–H groups in total. The average Bonchev–Trinajstić information content (AvgIpc) is 2.92. The third-order valence-corrected chi connectivity index (χ3v) is 6.27. The fourth-order valence-electron chi connectivity index (χ4n) is 4.13. The van der Waals surface area contributed by atoms with Crippen molar-refractivity contribution in [3.8, 4) is 28.7 Å². The van der Waals surface area contributed by atoms with E-state index in [1.165, 1.54) is 44.1 Å². The Morgan fingerprint density at radius 3 is 2.29 bits per heavy atom. The molecule has 0 unspecified atom stereocenters. The van der Waals surface area contributed by atoms with Crippen LogP contribution >= 0.6 is 0 Å². The molecule has 0 radical (unpaired) electrons. The molecule has 204 valence electrons. The lowest BCUT2D eigenvalue weighted by Crippen LogP contribution is -2.20. The van der Waals surface area contributed by atoms with Crippen LogP contribution in [0.15, 0.2) is 41.2 Å². The second kappa shape index (κ2) is 13.4. The first kappa shape index (κ1) is 28.4. The number of nitrogens with one attached hydrogen (secondary N) is 1. The summed E-state index contributed by atoms with van der Waals surface area (Å²) in [6.45, 7) is 2.53. The summed E-state index contributed by atoms with van der Waals surface area (Å²) in [7, 11) is 4.44. The van der Waals surface area contributed by atoms with Crippen molar-refractivity contribution < 1.29 is 29.2 Å². The number of phenolic OH excluding ortho intramolecular Hbond substituents is 1. The van der Waals surface area contributed by atoms with Gasteiger partial charge in [-0.1, -0.05) is 39.0 Å². The van der Waals surface area contributed by atoms with Crippen LogP contribution in [-0.4, -0.2) is 41.5 Å². The van der Waals surface area contributed by atoms with Crippen molar-refractivity contribution in [3.05, 3.63) is 52.3 Å². The summed E-state index contributed by atoms with van der Waals surface area (Å²) >= 11 is 0. The molecule has 0 atom stereocenters. The largest absolute Gasteiger partial charge is 0.504 e. The van der Waals surface area contributed by atoms with Gasteiger partial charge in [0.1, 0.15) is 0 Å². The van der Waals surface area contributed by atoms with Crippen molar-refractivity contribution in [3.63, 3.8) is 0 Å². The van der Waals surface area contributed by atoms with E-state index < -0.39 is 11.5 Å². The quantitative estimate of drug-likeness (QED) is 0.203. The molecule has 3 rings (SSSR count). The number of nitrogens with zero attached hydrogens (tertiary/aromatic N) is 1. The lowest BCUT2D eigenvalue weighted by molar-refractivity contribution is -0.111. The molecule has 0 saturated heterocycles. The zero-order chi connectivity index (χ0) is 27.7. The van der Waals surface area contributed by atoms with Gasteiger partial charge in [0, 0.05) is 24.2 Å². The third-order valence-electron chi connectivity index (χ3n) is 6.27. The normalized spacial score (nSPS) is 11.2. The number of phenols is 1. The molecule has 0 aliphatic heterocycles. The van der Waals surface area contributed by atoms with Gasteiger partial charge in [-0.05, 0) is 48.4 Å². The highest BCUT2D eigenvalue weighted by molar-refractivity contribution is 6.03. The first-order valence-electron chi connectivity index (χ1n) is 12.7. The molecule has 1 heterocycles. The Labute approximate surface area is 222 Å². The molecule has 38 heavy (non-hydrogen) atoms. The number of carbonyl (C=O) groups excluding carboxylic acids is 1. The molecule has 0 aliphatic rings. The molecule has 0 fully saturated rings. The second-order valence-electron chi connectivity index (χ2n) is 8.99. The summed E-state index contributed by atoms with van der Waals surface area (Å²) in [6, 6.07) is 8.04. The van der Waals surface area contributed by atoms with Crippen molar-refractivity contribution in [1.82, 2.24) is 4.57 Å². The number of pyridine rings is 1. The summed E-state index contributed by atoms with van der Waals surface area (Å²) in [5, 5.41) is 24.0. The summed E-state index contributed by atoms with van der Waals surface area (Å²) in [4.78, 5) is 25.4. The van der Waals surface area contributed by atoms with E-state index in [2.05, 4.69) is 12.2 Å². The summed E-state index contributed by atoms with van der Waals surface area (Å²) < 4.78 is 17.3. The van der Waals surface area contributed by atoms with Gasteiger partial charge in [-0.3, -0.25) is 9.59 Å². The number of aromatic hydroxyl groups is 2. The number of aromatic nitrogens is 1. The van der Waals surface area contributed by atoms with E-state index in [-0.39, 0.29) is 28.7 Å². The first-order valence-corrected chi connectivity index (χ1v) is 12.7. The van der Waals surface area contributed by atoms with Crippen LogP contribution in [0.25, 0.3) is 17.0 Å². The van der Waals surface area contributed by atoms with E-state index in [0.717, 1.165) is 19.3 Å². The van der Waals surface area contributed by atoms with Gasteiger partial charge in [0.25, 0.3) is 5.56 Å². The number of carbonyl (C=O) groups is 1. The predicted octanol–water partition coefficient (Wildman–Crippen LogP) is 5.36. The van der Waals surface area contributed by atoms with Gasteiger partial charge in [0.15, 0.2) is 17.2 Å². The van der Waals surface area contributed by atoms with E-state index in [0.29, 0.717) is 28.8 Å². The number of benzene rings is 2. The maximum absolute atomic E-state index is 12.9. The molecule has 9 nitrogen and oxygen atoms in total. The van der Waals surface area contributed by atoms with Crippen LogP contribution in [0.4, 0.5) is 5.69 Å².